The minimum atomic E-state index is -0.657. The molecule has 0 atom stereocenters. The molecule has 10 aromatic rings. The Morgan fingerprint density at radius 3 is 1.62 bits per heavy atom. The van der Waals surface area contributed by atoms with Crippen molar-refractivity contribution < 1.29 is 16.4 Å². The molecule has 0 aliphatic rings. The Morgan fingerprint density at radius 2 is 0.885 bits per heavy atom. The second-order valence-corrected chi connectivity index (χ2v) is 13.4. The molecule has 0 bridgehead atoms. The molecule has 1 nitrogen and oxygen atoms in total. The molecule has 0 spiro atoms. The van der Waals surface area contributed by atoms with Crippen LogP contribution in [0.2, 0.25) is 0 Å². The molecule has 10 rings (SSSR count). The van der Waals surface area contributed by atoms with Crippen LogP contribution in [-0.4, -0.2) is 0 Å². The number of rotatable bonds is 6. The van der Waals surface area contributed by atoms with Gasteiger partial charge < -0.3 is 4.90 Å². The number of hydrogen-bond donors (Lipinski definition) is 0. The van der Waals surface area contributed by atoms with Crippen LogP contribution < -0.4 is 4.90 Å². The minimum Gasteiger partial charge on any atom is -0.311 e. The topological polar surface area (TPSA) is 3.24 Å². The molecule has 244 valence electrons. The standard InChI is InChI=1S/C50H33NS/c1-2-11-39-33-40(20-19-34(39)9-1)35-21-27-41(28-22-35)51(42-29-23-37(24-30-42)45-15-7-12-36-10-3-4-13-44(36)45)43-31-25-38(26-32-43)46-16-8-17-48-47-14-5-6-18-49(47)52-50(46)48/h1-33H/i21D,22D,23D,24D,25D,26D,27D,28D,29D,30D,31D,32D. The minimum absolute atomic E-state index is 0.0204. The predicted molar refractivity (Wildman–Crippen MR) is 225 cm³/mol. The summed E-state index contributed by atoms with van der Waals surface area (Å²) in [4.78, 5) is 0.864. The third-order valence-corrected chi connectivity index (χ3v) is 10.5. The summed E-state index contributed by atoms with van der Waals surface area (Å²) in [6.07, 6.45) is 0. The largest absolute Gasteiger partial charge is 0.311 e. The molecule has 0 fully saturated rings. The van der Waals surface area contributed by atoms with E-state index in [0.717, 1.165) is 41.2 Å². The van der Waals surface area contributed by atoms with E-state index >= 15 is 0 Å². The number of fused-ring (bicyclic) bond motifs is 5. The Bertz CT molecular complexity index is 3530. The highest BCUT2D eigenvalue weighted by Gasteiger charge is 2.16. The van der Waals surface area contributed by atoms with Crippen LogP contribution in [0, 0.1) is 0 Å². The molecule has 0 aliphatic heterocycles. The van der Waals surface area contributed by atoms with E-state index in [4.69, 9.17) is 0 Å². The van der Waals surface area contributed by atoms with Crippen molar-refractivity contribution in [2.24, 2.45) is 0 Å². The second kappa shape index (κ2) is 12.7. The van der Waals surface area contributed by atoms with Crippen molar-refractivity contribution in [1.82, 2.24) is 0 Å². The van der Waals surface area contributed by atoms with Crippen LogP contribution in [0.5, 0.6) is 0 Å². The summed E-state index contributed by atoms with van der Waals surface area (Å²) in [7, 11) is 0. The Kier molecular flexibility index (Phi) is 4.98. The van der Waals surface area contributed by atoms with Gasteiger partial charge >= 0.3 is 0 Å². The SMILES string of the molecule is [2H]c1c([2H])c(N(c2c([2H])c([2H])c(-c3cccc4ccccc34)c([2H])c2[2H])c2c([2H])c([2H])c(-c3cccc4c3sc3ccccc34)c([2H])c2[2H])c([2H])c([2H])c1-c1ccc2ccccc2c1. The lowest BCUT2D eigenvalue weighted by Gasteiger charge is -2.26. The average molecular weight is 692 g/mol. The third kappa shape index (κ3) is 5.33. The van der Waals surface area contributed by atoms with E-state index in [1.165, 1.54) is 11.3 Å². The number of nitrogens with zero attached hydrogens (tertiary/aromatic N) is 1. The normalized spacial score (nSPS) is 14.7. The molecule has 52 heavy (non-hydrogen) atoms. The molecule has 9 aromatic carbocycles. The zero-order valence-electron chi connectivity index (χ0n) is 39.5. The summed E-state index contributed by atoms with van der Waals surface area (Å²) in [5.74, 6) is 0. The maximum absolute atomic E-state index is 9.62. The van der Waals surface area contributed by atoms with Crippen molar-refractivity contribution in [3.63, 3.8) is 0 Å². The molecular formula is C50H33NS. The van der Waals surface area contributed by atoms with E-state index in [1.807, 2.05) is 84.9 Å². The van der Waals surface area contributed by atoms with Crippen LogP contribution in [0.3, 0.4) is 0 Å². The van der Waals surface area contributed by atoms with Crippen molar-refractivity contribution >= 4 is 70.1 Å². The number of anilines is 3. The number of benzene rings is 9. The predicted octanol–water partition coefficient (Wildman–Crippen LogP) is 14.8. The van der Waals surface area contributed by atoms with Crippen LogP contribution in [0.25, 0.3) is 75.1 Å². The lowest BCUT2D eigenvalue weighted by Crippen LogP contribution is -2.09. The summed E-state index contributed by atoms with van der Waals surface area (Å²) in [5, 5.41) is 5.00. The van der Waals surface area contributed by atoms with Gasteiger partial charge in [-0.2, -0.15) is 0 Å². The van der Waals surface area contributed by atoms with Gasteiger partial charge in [-0.05, 0) is 103 Å². The molecule has 0 saturated heterocycles. The zero-order chi connectivity index (χ0) is 44.9. The van der Waals surface area contributed by atoms with Crippen molar-refractivity contribution in [3.05, 3.63) is 200 Å². The summed E-state index contributed by atoms with van der Waals surface area (Å²) in [5.41, 5.74) is -0.552. The number of thiophene rings is 1. The summed E-state index contributed by atoms with van der Waals surface area (Å²) in [6, 6.07) is 31.7. The van der Waals surface area contributed by atoms with Gasteiger partial charge in [0.05, 0.1) is 16.4 Å². The Balaban J connectivity index is 1.28. The molecule has 0 amide bonds. The van der Waals surface area contributed by atoms with Crippen LogP contribution in [0.4, 0.5) is 17.1 Å². The van der Waals surface area contributed by atoms with Crippen LogP contribution >= 0.6 is 11.3 Å². The molecule has 0 unspecified atom stereocenters. The fourth-order valence-electron chi connectivity index (χ4n) is 6.73. The van der Waals surface area contributed by atoms with E-state index < -0.39 is 89.6 Å². The van der Waals surface area contributed by atoms with Crippen molar-refractivity contribution in [3.8, 4) is 33.4 Å². The second-order valence-electron chi connectivity index (χ2n) is 12.4. The molecule has 1 aromatic heterocycles. The monoisotopic (exact) mass is 691 g/mol. The first-order valence-corrected chi connectivity index (χ1v) is 17.6. The van der Waals surface area contributed by atoms with Crippen molar-refractivity contribution in [2.45, 2.75) is 0 Å². The molecular weight excluding hydrogens is 647 g/mol. The van der Waals surface area contributed by atoms with Gasteiger partial charge in [0.2, 0.25) is 0 Å². The fourth-order valence-corrected chi connectivity index (χ4v) is 7.96. The van der Waals surface area contributed by atoms with Gasteiger partial charge in [0.1, 0.15) is 0 Å². The lowest BCUT2D eigenvalue weighted by atomic mass is 9.98. The maximum Gasteiger partial charge on any atom is 0.0645 e. The molecule has 2 heteroatoms. The Hall–Kier alpha value is -6.48. The summed E-state index contributed by atoms with van der Waals surface area (Å²) in [6.45, 7) is 0. The zero-order valence-corrected chi connectivity index (χ0v) is 28.3. The molecule has 1 heterocycles. The molecule has 0 N–H and O–H groups in total. The Morgan fingerprint density at radius 1 is 0.365 bits per heavy atom. The van der Waals surface area contributed by atoms with E-state index in [2.05, 4.69) is 0 Å². The van der Waals surface area contributed by atoms with Crippen molar-refractivity contribution in [1.29, 1.82) is 0 Å². The van der Waals surface area contributed by atoms with E-state index in [1.54, 1.807) is 42.5 Å². The molecule has 0 aliphatic carbocycles. The fraction of sp³-hybridized carbons (Fsp3) is 0. The van der Waals surface area contributed by atoms with Gasteiger partial charge in [0, 0.05) is 37.2 Å². The first-order valence-electron chi connectivity index (χ1n) is 22.8. The lowest BCUT2D eigenvalue weighted by molar-refractivity contribution is 1.28. The van der Waals surface area contributed by atoms with Crippen molar-refractivity contribution in [2.75, 3.05) is 4.90 Å². The van der Waals surface area contributed by atoms with Gasteiger partial charge in [-0.3, -0.25) is 0 Å². The van der Waals surface area contributed by atoms with Crippen LogP contribution in [0.1, 0.15) is 16.4 Å². The highest BCUT2D eigenvalue weighted by Crippen LogP contribution is 2.42. The summed E-state index contributed by atoms with van der Waals surface area (Å²) >= 11 is 1.45. The third-order valence-electron chi connectivity index (χ3n) is 9.28. The summed E-state index contributed by atoms with van der Waals surface area (Å²) < 4.78 is 116. The van der Waals surface area contributed by atoms with Gasteiger partial charge in [0.15, 0.2) is 0 Å². The van der Waals surface area contributed by atoms with Gasteiger partial charge in [-0.15, -0.1) is 11.3 Å². The Labute approximate surface area is 324 Å². The van der Waals surface area contributed by atoms with Crippen LogP contribution in [0.15, 0.2) is 200 Å². The smallest absolute Gasteiger partial charge is 0.0645 e. The average Bonchev–Trinajstić information content (AvgIpc) is 3.69. The highest BCUT2D eigenvalue weighted by molar-refractivity contribution is 7.26. The molecule has 0 radical (unpaired) electrons. The number of hydrogen-bond acceptors (Lipinski definition) is 2. The highest BCUT2D eigenvalue weighted by atomic mass is 32.1. The quantitative estimate of drug-likeness (QED) is 0.168. The van der Waals surface area contributed by atoms with E-state index in [0.29, 0.717) is 22.1 Å². The van der Waals surface area contributed by atoms with Gasteiger partial charge in [0.25, 0.3) is 0 Å². The van der Waals surface area contributed by atoms with Gasteiger partial charge in [-0.1, -0.05) is 152 Å². The van der Waals surface area contributed by atoms with Crippen LogP contribution in [-0.2, 0) is 0 Å². The first kappa shape index (κ1) is 20.4. The van der Waals surface area contributed by atoms with E-state index in [-0.39, 0.29) is 16.7 Å². The molecule has 0 saturated carbocycles. The first-order chi connectivity index (χ1) is 30.8. The van der Waals surface area contributed by atoms with Gasteiger partial charge in [-0.25, -0.2) is 0 Å². The maximum atomic E-state index is 9.62. The van der Waals surface area contributed by atoms with E-state index in [9.17, 15) is 16.4 Å².